The normalized spacial score (nSPS) is 10.7. The Kier molecular flexibility index (Phi) is 3.12. The van der Waals surface area contributed by atoms with E-state index in [1.54, 1.807) is 31.2 Å². The quantitative estimate of drug-likeness (QED) is 0.679. The number of hydrogen-bond donors (Lipinski definition) is 0. The number of carbonyl (C=O) groups excluding carboxylic acids is 1. The van der Waals surface area contributed by atoms with Crippen molar-refractivity contribution in [3.05, 3.63) is 53.8 Å². The highest BCUT2D eigenvalue weighted by Crippen LogP contribution is 2.21. The van der Waals surface area contributed by atoms with E-state index in [0.717, 1.165) is 5.56 Å². The zero-order valence-corrected chi connectivity index (χ0v) is 10.7. The number of furan rings is 2. The zero-order valence-electron chi connectivity index (χ0n) is 10.7. The number of ether oxygens (including phenoxy) is 1. The van der Waals surface area contributed by atoms with Crippen LogP contribution in [0, 0.1) is 6.92 Å². The van der Waals surface area contributed by atoms with Crippen LogP contribution in [0.5, 0.6) is 0 Å². The van der Waals surface area contributed by atoms with Gasteiger partial charge in [0.1, 0.15) is 12.3 Å². The van der Waals surface area contributed by atoms with E-state index < -0.39 is 5.97 Å². The molecule has 0 aliphatic rings. The molecule has 0 amide bonds. The molecule has 0 aliphatic carbocycles. The Morgan fingerprint density at radius 2 is 2.15 bits per heavy atom. The summed E-state index contributed by atoms with van der Waals surface area (Å²) in [5.41, 5.74) is 1.22. The van der Waals surface area contributed by atoms with Crippen LogP contribution in [-0.2, 0) is 11.3 Å². The third kappa shape index (κ3) is 2.35. The summed E-state index contributed by atoms with van der Waals surface area (Å²) in [6.45, 7) is 1.77. The van der Waals surface area contributed by atoms with Crippen LogP contribution >= 0.6 is 0 Å². The van der Waals surface area contributed by atoms with E-state index in [0.29, 0.717) is 17.2 Å². The van der Waals surface area contributed by atoms with Crippen LogP contribution in [0.4, 0.5) is 0 Å². The summed E-state index contributed by atoms with van der Waals surface area (Å²) in [6, 6.07) is 6.85. The molecule has 0 spiro atoms. The minimum Gasteiger partial charge on any atom is -0.461 e. The first-order chi connectivity index (χ1) is 9.74. The Bertz CT molecular complexity index is 708. The van der Waals surface area contributed by atoms with Crippen LogP contribution in [0.1, 0.15) is 21.8 Å². The molecule has 3 aromatic rings. The largest absolute Gasteiger partial charge is 0.461 e. The van der Waals surface area contributed by atoms with Crippen LogP contribution in [0.3, 0.4) is 0 Å². The van der Waals surface area contributed by atoms with Gasteiger partial charge in [-0.1, -0.05) is 5.16 Å². The van der Waals surface area contributed by atoms with Gasteiger partial charge in [0.2, 0.25) is 11.5 Å². The summed E-state index contributed by atoms with van der Waals surface area (Å²) < 4.78 is 20.4. The number of aromatic nitrogens is 1. The summed E-state index contributed by atoms with van der Waals surface area (Å²) in [6.07, 6.45) is 2.98. The fourth-order valence-electron chi connectivity index (χ4n) is 1.70. The molecule has 3 rings (SSSR count). The summed E-state index contributed by atoms with van der Waals surface area (Å²) in [7, 11) is 0. The number of carbonyl (C=O) groups is 1. The standard InChI is InChI=1S/C14H11NO5/c1-9-4-6-18-13(9)14(16)19-8-10-7-12(20-15-10)11-3-2-5-17-11/h2-7H,8H2,1H3. The van der Waals surface area contributed by atoms with Gasteiger partial charge in [-0.3, -0.25) is 0 Å². The van der Waals surface area contributed by atoms with Crippen molar-refractivity contribution in [1.29, 1.82) is 0 Å². The second-order valence-corrected chi connectivity index (χ2v) is 4.17. The molecule has 0 N–H and O–H groups in total. The highest BCUT2D eigenvalue weighted by molar-refractivity contribution is 5.87. The van der Waals surface area contributed by atoms with Crippen molar-refractivity contribution in [2.24, 2.45) is 0 Å². The lowest BCUT2D eigenvalue weighted by Crippen LogP contribution is -2.05. The average Bonchev–Trinajstić information content (AvgIpc) is 3.16. The molecule has 0 unspecified atom stereocenters. The molecule has 0 atom stereocenters. The molecule has 3 aromatic heterocycles. The molecule has 6 nitrogen and oxygen atoms in total. The SMILES string of the molecule is Cc1ccoc1C(=O)OCc1cc(-c2ccco2)on1. The molecule has 6 heteroatoms. The third-order valence-corrected chi connectivity index (χ3v) is 2.72. The van der Waals surface area contributed by atoms with Crippen molar-refractivity contribution in [2.45, 2.75) is 13.5 Å². The highest BCUT2D eigenvalue weighted by atomic mass is 16.5. The van der Waals surface area contributed by atoms with Crippen LogP contribution in [0.25, 0.3) is 11.5 Å². The maximum atomic E-state index is 11.7. The second kappa shape index (κ2) is 5.08. The van der Waals surface area contributed by atoms with E-state index in [9.17, 15) is 4.79 Å². The average molecular weight is 273 g/mol. The lowest BCUT2D eigenvalue weighted by molar-refractivity contribution is 0.0426. The zero-order chi connectivity index (χ0) is 13.9. The van der Waals surface area contributed by atoms with Gasteiger partial charge in [-0.2, -0.15) is 0 Å². The molecule has 0 fully saturated rings. The number of nitrogens with zero attached hydrogens (tertiary/aromatic N) is 1. The van der Waals surface area contributed by atoms with Gasteiger partial charge in [0.05, 0.1) is 12.5 Å². The number of esters is 1. The van der Waals surface area contributed by atoms with E-state index in [1.165, 1.54) is 12.5 Å². The van der Waals surface area contributed by atoms with Crippen LogP contribution in [0.15, 0.2) is 50.1 Å². The highest BCUT2D eigenvalue weighted by Gasteiger charge is 2.16. The molecule has 0 aliphatic heterocycles. The minimum absolute atomic E-state index is 0.00316. The maximum Gasteiger partial charge on any atom is 0.374 e. The van der Waals surface area contributed by atoms with Gasteiger partial charge in [0.25, 0.3) is 0 Å². The van der Waals surface area contributed by atoms with Gasteiger partial charge in [0.15, 0.2) is 5.76 Å². The molecule has 0 saturated heterocycles. The Morgan fingerprint density at radius 1 is 1.25 bits per heavy atom. The van der Waals surface area contributed by atoms with E-state index in [-0.39, 0.29) is 12.4 Å². The second-order valence-electron chi connectivity index (χ2n) is 4.17. The van der Waals surface area contributed by atoms with Gasteiger partial charge in [-0.15, -0.1) is 0 Å². The van der Waals surface area contributed by atoms with E-state index in [2.05, 4.69) is 5.16 Å². The van der Waals surface area contributed by atoms with Crippen molar-refractivity contribution >= 4 is 5.97 Å². The van der Waals surface area contributed by atoms with Crippen molar-refractivity contribution in [1.82, 2.24) is 5.16 Å². The van der Waals surface area contributed by atoms with Crippen molar-refractivity contribution in [3.63, 3.8) is 0 Å². The van der Waals surface area contributed by atoms with Gasteiger partial charge < -0.3 is 18.1 Å². The fraction of sp³-hybridized carbons (Fsp3) is 0.143. The Labute approximate surface area is 113 Å². The summed E-state index contributed by atoms with van der Waals surface area (Å²) in [4.78, 5) is 11.7. The predicted octanol–water partition coefficient (Wildman–Crippen LogP) is 3.19. The monoisotopic (exact) mass is 273 g/mol. The van der Waals surface area contributed by atoms with Gasteiger partial charge >= 0.3 is 5.97 Å². The van der Waals surface area contributed by atoms with E-state index in [4.69, 9.17) is 18.1 Å². The lowest BCUT2D eigenvalue weighted by atomic mass is 10.3. The summed E-state index contributed by atoms with van der Waals surface area (Å²) in [5.74, 6) is 0.710. The van der Waals surface area contributed by atoms with Crippen molar-refractivity contribution in [3.8, 4) is 11.5 Å². The van der Waals surface area contributed by atoms with Crippen LogP contribution in [0.2, 0.25) is 0 Å². The molecule has 0 aromatic carbocycles. The minimum atomic E-state index is -0.532. The Hall–Kier alpha value is -2.76. The van der Waals surface area contributed by atoms with Crippen LogP contribution in [-0.4, -0.2) is 11.1 Å². The number of aryl methyl sites for hydroxylation is 1. The number of hydrogen-bond acceptors (Lipinski definition) is 6. The summed E-state index contributed by atoms with van der Waals surface area (Å²) in [5, 5.41) is 3.81. The van der Waals surface area contributed by atoms with Crippen LogP contribution < -0.4 is 0 Å². The summed E-state index contributed by atoms with van der Waals surface area (Å²) >= 11 is 0. The fourth-order valence-corrected chi connectivity index (χ4v) is 1.70. The van der Waals surface area contributed by atoms with Crippen molar-refractivity contribution < 1.29 is 22.9 Å². The van der Waals surface area contributed by atoms with E-state index >= 15 is 0 Å². The van der Waals surface area contributed by atoms with E-state index in [1.807, 2.05) is 0 Å². The maximum absolute atomic E-state index is 11.7. The molecular weight excluding hydrogens is 262 g/mol. The number of rotatable bonds is 4. The Morgan fingerprint density at radius 3 is 2.85 bits per heavy atom. The molecule has 0 saturated carbocycles. The van der Waals surface area contributed by atoms with Gasteiger partial charge in [-0.05, 0) is 25.1 Å². The molecule has 0 bridgehead atoms. The molecule has 20 heavy (non-hydrogen) atoms. The predicted molar refractivity (Wildman–Crippen MR) is 66.8 cm³/mol. The topological polar surface area (TPSA) is 78.6 Å². The molecule has 102 valence electrons. The smallest absolute Gasteiger partial charge is 0.374 e. The molecule has 0 radical (unpaired) electrons. The lowest BCUT2D eigenvalue weighted by Gasteiger charge is -1.99. The third-order valence-electron chi connectivity index (χ3n) is 2.72. The first kappa shape index (κ1) is 12.3. The molecule has 3 heterocycles. The molecular formula is C14H11NO5. The van der Waals surface area contributed by atoms with Gasteiger partial charge in [0, 0.05) is 11.6 Å². The Balaban J connectivity index is 1.65. The van der Waals surface area contributed by atoms with Crippen molar-refractivity contribution in [2.75, 3.05) is 0 Å². The van der Waals surface area contributed by atoms with Gasteiger partial charge in [-0.25, -0.2) is 4.79 Å². The first-order valence-electron chi connectivity index (χ1n) is 5.95. The first-order valence-corrected chi connectivity index (χ1v) is 5.95.